The van der Waals surface area contributed by atoms with E-state index < -0.39 is 0 Å². The maximum absolute atomic E-state index is 5.29. The minimum Gasteiger partial charge on any atom is -0.497 e. The van der Waals surface area contributed by atoms with Crippen LogP contribution in [0.2, 0.25) is 0 Å². The fourth-order valence-electron chi connectivity index (χ4n) is 2.20. The van der Waals surface area contributed by atoms with E-state index in [1.165, 1.54) is 0 Å². The summed E-state index contributed by atoms with van der Waals surface area (Å²) in [7, 11) is 1.66. The fraction of sp³-hybridized carbons (Fsp3) is 0.111. The van der Waals surface area contributed by atoms with Crippen molar-refractivity contribution in [2.75, 3.05) is 7.11 Å². The predicted molar refractivity (Wildman–Crippen MR) is 88.4 cm³/mol. The third kappa shape index (κ3) is 3.23. The van der Waals surface area contributed by atoms with Crippen molar-refractivity contribution < 1.29 is 4.74 Å². The van der Waals surface area contributed by atoms with E-state index in [0.717, 1.165) is 22.4 Å². The van der Waals surface area contributed by atoms with E-state index in [0.29, 0.717) is 5.82 Å². The molecular weight excluding hydrogens is 274 g/mol. The quantitative estimate of drug-likeness (QED) is 0.732. The van der Waals surface area contributed by atoms with Crippen LogP contribution in [0.25, 0.3) is 23.7 Å². The first kappa shape index (κ1) is 14.1. The lowest BCUT2D eigenvalue weighted by atomic mass is 10.1. The lowest BCUT2D eigenvalue weighted by Gasteiger charge is -2.03. The van der Waals surface area contributed by atoms with E-state index in [-0.39, 0.29) is 0 Å². The molecule has 0 saturated carbocycles. The number of methoxy groups -OCH3 is 1. The van der Waals surface area contributed by atoms with Gasteiger partial charge in [0.25, 0.3) is 0 Å². The Bertz CT molecular complexity index is 791. The van der Waals surface area contributed by atoms with Gasteiger partial charge in [-0.25, -0.2) is 9.67 Å². The van der Waals surface area contributed by atoms with Crippen molar-refractivity contribution in [2.45, 2.75) is 6.92 Å². The Labute approximate surface area is 129 Å². The minimum absolute atomic E-state index is 0.680. The Kier molecular flexibility index (Phi) is 4.01. The summed E-state index contributed by atoms with van der Waals surface area (Å²) in [5.74, 6) is 1.49. The zero-order chi connectivity index (χ0) is 15.4. The van der Waals surface area contributed by atoms with Crippen LogP contribution in [0.4, 0.5) is 0 Å². The van der Waals surface area contributed by atoms with E-state index >= 15 is 0 Å². The van der Waals surface area contributed by atoms with Crippen molar-refractivity contribution in [1.29, 1.82) is 0 Å². The molecular formula is C18H17N3O. The highest BCUT2D eigenvalue weighted by molar-refractivity contribution is 5.62. The molecule has 110 valence electrons. The zero-order valence-corrected chi connectivity index (χ0v) is 12.6. The molecule has 2 aromatic carbocycles. The number of benzene rings is 2. The van der Waals surface area contributed by atoms with E-state index in [4.69, 9.17) is 4.74 Å². The monoisotopic (exact) mass is 291 g/mol. The number of hydrogen-bond donors (Lipinski definition) is 0. The van der Waals surface area contributed by atoms with Gasteiger partial charge in [0.15, 0.2) is 5.82 Å². The zero-order valence-electron chi connectivity index (χ0n) is 12.6. The summed E-state index contributed by atoms with van der Waals surface area (Å²) >= 11 is 0. The molecule has 1 heterocycles. The summed E-state index contributed by atoms with van der Waals surface area (Å²) in [4.78, 5) is 4.36. The van der Waals surface area contributed by atoms with Crippen molar-refractivity contribution in [3.8, 4) is 17.1 Å². The molecule has 3 aromatic rings. The van der Waals surface area contributed by atoms with Gasteiger partial charge in [-0.15, -0.1) is 5.10 Å². The second kappa shape index (κ2) is 6.26. The number of ether oxygens (including phenoxy) is 1. The summed E-state index contributed by atoms with van der Waals surface area (Å²) in [6.07, 6.45) is 5.58. The largest absolute Gasteiger partial charge is 0.497 e. The number of aryl methyl sites for hydroxylation is 1. The average molecular weight is 291 g/mol. The molecule has 0 N–H and O–H groups in total. The van der Waals surface area contributed by atoms with E-state index in [1.54, 1.807) is 18.1 Å². The van der Waals surface area contributed by atoms with Crippen molar-refractivity contribution in [3.63, 3.8) is 0 Å². The third-order valence-corrected chi connectivity index (χ3v) is 3.27. The summed E-state index contributed by atoms with van der Waals surface area (Å²) in [6.45, 7) is 2.03. The molecule has 0 spiro atoms. The Morgan fingerprint density at radius 2 is 1.91 bits per heavy atom. The van der Waals surface area contributed by atoms with Gasteiger partial charge in [0.2, 0.25) is 0 Å². The molecule has 4 heteroatoms. The summed E-state index contributed by atoms with van der Waals surface area (Å²) in [6, 6.07) is 16.1. The van der Waals surface area contributed by atoms with Gasteiger partial charge in [-0.3, -0.25) is 0 Å². The number of hydrogen-bond acceptors (Lipinski definition) is 3. The Morgan fingerprint density at radius 3 is 2.68 bits per heavy atom. The lowest BCUT2D eigenvalue weighted by molar-refractivity contribution is 0.414. The van der Waals surface area contributed by atoms with Crippen LogP contribution in [0, 0.1) is 6.92 Å². The smallest absolute Gasteiger partial charge is 0.181 e. The molecule has 0 saturated heterocycles. The third-order valence-electron chi connectivity index (χ3n) is 3.27. The van der Waals surface area contributed by atoms with Crippen LogP contribution in [0.3, 0.4) is 0 Å². The molecule has 0 aliphatic carbocycles. The Hall–Kier alpha value is -2.88. The maximum Gasteiger partial charge on any atom is 0.181 e. The van der Waals surface area contributed by atoms with Gasteiger partial charge in [0.1, 0.15) is 12.1 Å². The highest BCUT2D eigenvalue weighted by Crippen LogP contribution is 2.23. The van der Waals surface area contributed by atoms with E-state index in [2.05, 4.69) is 10.1 Å². The van der Waals surface area contributed by atoms with Crippen LogP contribution in [0.1, 0.15) is 11.1 Å². The molecule has 0 aliphatic rings. The minimum atomic E-state index is 0.680. The lowest BCUT2D eigenvalue weighted by Crippen LogP contribution is -1.90. The normalized spacial score (nSPS) is 11.0. The van der Waals surface area contributed by atoms with Crippen LogP contribution < -0.4 is 4.74 Å². The van der Waals surface area contributed by atoms with Crippen molar-refractivity contribution >= 4 is 12.3 Å². The molecule has 1 aromatic heterocycles. The highest BCUT2D eigenvalue weighted by atomic mass is 16.5. The van der Waals surface area contributed by atoms with E-state index in [9.17, 15) is 0 Å². The van der Waals surface area contributed by atoms with Crippen LogP contribution >= 0.6 is 0 Å². The number of rotatable bonds is 4. The molecule has 0 bridgehead atoms. The van der Waals surface area contributed by atoms with Crippen molar-refractivity contribution in [2.24, 2.45) is 0 Å². The first-order valence-corrected chi connectivity index (χ1v) is 7.05. The van der Waals surface area contributed by atoms with Crippen LogP contribution in [-0.2, 0) is 0 Å². The van der Waals surface area contributed by atoms with Gasteiger partial charge < -0.3 is 4.74 Å². The van der Waals surface area contributed by atoms with Gasteiger partial charge >= 0.3 is 0 Å². The van der Waals surface area contributed by atoms with E-state index in [1.807, 2.05) is 67.7 Å². The van der Waals surface area contributed by atoms with Crippen LogP contribution in [0.15, 0.2) is 54.9 Å². The van der Waals surface area contributed by atoms with Gasteiger partial charge in [0, 0.05) is 11.8 Å². The van der Waals surface area contributed by atoms with Crippen LogP contribution in [-0.4, -0.2) is 21.9 Å². The Balaban J connectivity index is 1.85. The maximum atomic E-state index is 5.29. The standard InChI is InChI=1S/C18H17N3O/c1-14-10-16(12-17(11-14)22-2)18-19-13-21(20-18)9-8-15-6-4-3-5-7-15/h3-13H,1-2H3/b9-8-. The van der Waals surface area contributed by atoms with Crippen molar-refractivity contribution in [1.82, 2.24) is 14.8 Å². The molecule has 0 radical (unpaired) electrons. The second-order valence-corrected chi connectivity index (χ2v) is 5.01. The topological polar surface area (TPSA) is 39.9 Å². The van der Waals surface area contributed by atoms with Gasteiger partial charge in [-0.2, -0.15) is 0 Å². The molecule has 0 aliphatic heterocycles. The number of aromatic nitrogens is 3. The highest BCUT2D eigenvalue weighted by Gasteiger charge is 2.06. The first-order valence-electron chi connectivity index (χ1n) is 7.05. The molecule has 0 amide bonds. The summed E-state index contributed by atoms with van der Waals surface area (Å²) in [5.41, 5.74) is 3.19. The molecule has 0 fully saturated rings. The molecule has 3 rings (SSSR count). The molecule has 0 unspecified atom stereocenters. The average Bonchev–Trinajstić information content (AvgIpc) is 3.02. The Morgan fingerprint density at radius 1 is 1.09 bits per heavy atom. The van der Waals surface area contributed by atoms with Gasteiger partial charge in [-0.1, -0.05) is 30.3 Å². The SMILES string of the molecule is COc1cc(C)cc(-c2ncn(/C=C\c3ccccc3)n2)c1. The van der Waals surface area contributed by atoms with Crippen LogP contribution in [0.5, 0.6) is 5.75 Å². The van der Waals surface area contributed by atoms with Gasteiger partial charge in [-0.05, 0) is 42.3 Å². The first-order chi connectivity index (χ1) is 10.7. The number of nitrogens with zero attached hydrogens (tertiary/aromatic N) is 3. The molecule has 4 nitrogen and oxygen atoms in total. The molecule has 0 atom stereocenters. The molecule has 22 heavy (non-hydrogen) atoms. The second-order valence-electron chi connectivity index (χ2n) is 5.01. The predicted octanol–water partition coefficient (Wildman–Crippen LogP) is 3.89. The summed E-state index contributed by atoms with van der Waals surface area (Å²) in [5, 5.41) is 4.48. The fourth-order valence-corrected chi connectivity index (χ4v) is 2.20. The van der Waals surface area contributed by atoms with Crippen molar-refractivity contribution in [3.05, 3.63) is 66.0 Å². The summed E-state index contributed by atoms with van der Waals surface area (Å²) < 4.78 is 7.00. The van der Waals surface area contributed by atoms with Gasteiger partial charge in [0.05, 0.1) is 7.11 Å².